The number of nitrogens with zero attached hydrogens (tertiary/aromatic N) is 1. The van der Waals surface area contributed by atoms with Crippen molar-refractivity contribution < 1.29 is 32.2 Å². The zero-order chi connectivity index (χ0) is 23.7. The van der Waals surface area contributed by atoms with Crippen LogP contribution in [0, 0.1) is 5.92 Å². The van der Waals surface area contributed by atoms with Gasteiger partial charge in [-0.05, 0) is 49.1 Å². The van der Waals surface area contributed by atoms with Crippen LogP contribution in [0.25, 0.3) is 0 Å². The van der Waals surface area contributed by atoms with Crippen molar-refractivity contribution in [1.82, 2.24) is 4.90 Å². The van der Waals surface area contributed by atoms with E-state index >= 15 is 0 Å². The molecule has 4 nitrogen and oxygen atoms in total. The molecule has 1 fully saturated rings. The van der Waals surface area contributed by atoms with E-state index in [2.05, 4.69) is 0 Å². The predicted octanol–water partition coefficient (Wildman–Crippen LogP) is 5.11. The van der Waals surface area contributed by atoms with Gasteiger partial charge < -0.3 is 14.7 Å². The molecule has 32 heavy (non-hydrogen) atoms. The molecule has 8 heteroatoms. The van der Waals surface area contributed by atoms with Crippen LogP contribution in [-0.4, -0.2) is 46.5 Å². The van der Waals surface area contributed by atoms with E-state index in [0.29, 0.717) is 29.9 Å². The number of para-hydroxylation sites is 1. The molecule has 1 N–H and O–H groups in total. The molecule has 1 aliphatic carbocycles. The Hall–Kier alpha value is -2.61. The minimum Gasteiger partial charge on any atom is -0.489 e. The van der Waals surface area contributed by atoms with Crippen molar-refractivity contribution >= 4 is 5.91 Å². The van der Waals surface area contributed by atoms with Gasteiger partial charge >= 0.3 is 6.18 Å². The molecule has 0 aromatic heterocycles. The van der Waals surface area contributed by atoms with E-state index in [1.807, 2.05) is 18.2 Å². The molecule has 1 saturated heterocycles. The minimum absolute atomic E-state index is 0.204. The van der Waals surface area contributed by atoms with Crippen LogP contribution in [0.4, 0.5) is 17.6 Å². The summed E-state index contributed by atoms with van der Waals surface area (Å²) in [4.78, 5) is 14.5. The number of allylic oxidation sites excluding steroid dienone is 2. The van der Waals surface area contributed by atoms with E-state index in [1.165, 1.54) is 4.90 Å². The molecule has 2 aliphatic rings. The Kier molecular flexibility index (Phi) is 6.83. The van der Waals surface area contributed by atoms with Crippen LogP contribution in [0.5, 0.6) is 5.75 Å². The van der Waals surface area contributed by atoms with Gasteiger partial charge in [0, 0.05) is 11.6 Å². The summed E-state index contributed by atoms with van der Waals surface area (Å²) in [7, 11) is 0. The number of alkyl halides is 4. The van der Waals surface area contributed by atoms with E-state index in [-0.39, 0.29) is 18.4 Å². The van der Waals surface area contributed by atoms with Gasteiger partial charge in [0.2, 0.25) is 11.5 Å². The van der Waals surface area contributed by atoms with Crippen molar-refractivity contribution in [2.45, 2.75) is 57.7 Å². The smallest absolute Gasteiger partial charge is 0.424 e. The monoisotopic (exact) mass is 453 g/mol. The molecule has 1 heterocycles. The van der Waals surface area contributed by atoms with Gasteiger partial charge in [0.1, 0.15) is 11.9 Å². The van der Waals surface area contributed by atoms with E-state index in [0.717, 1.165) is 12.2 Å². The molecule has 1 aromatic rings. The van der Waals surface area contributed by atoms with Crippen LogP contribution in [0.3, 0.4) is 0 Å². The second-order valence-corrected chi connectivity index (χ2v) is 8.33. The molecule has 0 radical (unpaired) electrons. The number of carbonyl (C=O) groups is 1. The quantitative estimate of drug-likeness (QED) is 0.645. The van der Waals surface area contributed by atoms with Crippen molar-refractivity contribution in [1.29, 1.82) is 0 Å². The Morgan fingerprint density at radius 1 is 1.28 bits per heavy atom. The third-order valence-corrected chi connectivity index (χ3v) is 5.75. The number of hydrogen-bond donors (Lipinski definition) is 1. The molecule has 1 amide bonds. The number of likely N-dealkylation sites (tertiary alicyclic amines) is 1. The Morgan fingerprint density at radius 2 is 1.94 bits per heavy atom. The highest BCUT2D eigenvalue weighted by Crippen LogP contribution is 2.48. The molecule has 0 bridgehead atoms. The highest BCUT2D eigenvalue weighted by Gasteiger charge is 2.65. The predicted molar refractivity (Wildman–Crippen MR) is 112 cm³/mol. The average molecular weight is 453 g/mol. The standard InChI is InChI=1S/C24H27F4NO3/c1-4-20-16(12-17-13-21(25)23(17,31)24(26,27)28)10-11-19(14-29(20)22(30)15(2)3)32-18-8-6-5-7-9-18/h4-9,12-13,15,19,21,31H,10-11,14H2,1-3H3/b16-12-,20-4?/t19-,21+,23?/m0/s1. The Bertz CT molecular complexity index is 936. The van der Waals surface area contributed by atoms with Crippen molar-refractivity contribution in [2.24, 2.45) is 5.92 Å². The summed E-state index contributed by atoms with van der Waals surface area (Å²) in [5.41, 5.74) is -3.24. The van der Waals surface area contributed by atoms with Crippen molar-refractivity contribution in [3.8, 4) is 5.75 Å². The Labute approximate surface area is 184 Å². The maximum Gasteiger partial charge on any atom is 0.424 e. The second-order valence-electron chi connectivity index (χ2n) is 8.33. The van der Waals surface area contributed by atoms with Gasteiger partial charge in [0.25, 0.3) is 0 Å². The maximum absolute atomic E-state index is 13.8. The van der Waals surface area contributed by atoms with Crippen LogP contribution in [-0.2, 0) is 4.79 Å². The topological polar surface area (TPSA) is 49.8 Å². The van der Waals surface area contributed by atoms with Crippen molar-refractivity contribution in [2.75, 3.05) is 6.54 Å². The van der Waals surface area contributed by atoms with Gasteiger partial charge in [-0.1, -0.05) is 44.2 Å². The molecule has 0 saturated carbocycles. The summed E-state index contributed by atoms with van der Waals surface area (Å²) >= 11 is 0. The number of carbonyl (C=O) groups excluding carboxylic acids is 1. The fourth-order valence-electron chi connectivity index (χ4n) is 3.94. The summed E-state index contributed by atoms with van der Waals surface area (Å²) in [6.07, 6.45) is -3.80. The summed E-state index contributed by atoms with van der Waals surface area (Å²) in [6, 6.07) is 9.06. The van der Waals surface area contributed by atoms with Gasteiger partial charge in [-0.2, -0.15) is 13.2 Å². The SMILES string of the molecule is CC=C1/C(=C\C2=C[C@@H](F)C2(O)C(F)(F)F)CC[C@H](Oc2ccccc2)CN1C(=O)C(C)C. The first kappa shape index (κ1) is 24.0. The van der Waals surface area contributed by atoms with Gasteiger partial charge in [-0.15, -0.1) is 0 Å². The van der Waals surface area contributed by atoms with E-state index in [1.54, 1.807) is 39.0 Å². The number of benzene rings is 1. The van der Waals surface area contributed by atoms with Crippen LogP contribution in [0.1, 0.15) is 33.6 Å². The highest BCUT2D eigenvalue weighted by atomic mass is 19.4. The first-order valence-electron chi connectivity index (χ1n) is 10.5. The summed E-state index contributed by atoms with van der Waals surface area (Å²) in [5.74, 6) is 0.0637. The molecule has 174 valence electrons. The zero-order valence-electron chi connectivity index (χ0n) is 18.2. The van der Waals surface area contributed by atoms with E-state index in [4.69, 9.17) is 4.74 Å². The summed E-state index contributed by atoms with van der Waals surface area (Å²) < 4.78 is 59.9. The van der Waals surface area contributed by atoms with Crippen molar-refractivity contribution in [3.63, 3.8) is 0 Å². The van der Waals surface area contributed by atoms with Gasteiger partial charge in [0.15, 0.2) is 6.17 Å². The molecule has 1 aliphatic heterocycles. The fourth-order valence-corrected chi connectivity index (χ4v) is 3.94. The van der Waals surface area contributed by atoms with Crippen molar-refractivity contribution in [3.05, 3.63) is 65.4 Å². The number of ether oxygens (including phenoxy) is 1. The molecular weight excluding hydrogens is 426 g/mol. The Balaban J connectivity index is 1.97. The highest BCUT2D eigenvalue weighted by molar-refractivity contribution is 5.81. The van der Waals surface area contributed by atoms with E-state index in [9.17, 15) is 27.5 Å². The van der Waals surface area contributed by atoms with E-state index < -0.39 is 29.6 Å². The normalized spacial score (nSPS) is 29.0. The Morgan fingerprint density at radius 3 is 2.47 bits per heavy atom. The summed E-state index contributed by atoms with van der Waals surface area (Å²) in [6.45, 7) is 5.38. The lowest BCUT2D eigenvalue weighted by Gasteiger charge is -2.40. The number of aliphatic hydroxyl groups is 1. The summed E-state index contributed by atoms with van der Waals surface area (Å²) in [5, 5.41) is 10.0. The molecule has 0 spiro atoms. The third kappa shape index (κ3) is 4.46. The first-order valence-corrected chi connectivity index (χ1v) is 10.5. The largest absolute Gasteiger partial charge is 0.489 e. The molecule has 3 atom stereocenters. The molecular formula is C24H27F4NO3. The van der Waals surface area contributed by atoms with Crippen LogP contribution >= 0.6 is 0 Å². The lowest BCUT2D eigenvalue weighted by Crippen LogP contribution is -2.58. The lowest BCUT2D eigenvalue weighted by molar-refractivity contribution is -0.265. The van der Waals surface area contributed by atoms with Crippen LogP contribution in [0.2, 0.25) is 0 Å². The van der Waals surface area contributed by atoms with Crippen LogP contribution in [0.15, 0.2) is 65.4 Å². The lowest BCUT2D eigenvalue weighted by atomic mass is 9.76. The molecule has 1 unspecified atom stereocenters. The number of amides is 1. The molecule has 3 rings (SSSR count). The first-order chi connectivity index (χ1) is 15.0. The third-order valence-electron chi connectivity index (χ3n) is 5.75. The van der Waals surface area contributed by atoms with Gasteiger partial charge in [-0.25, -0.2) is 4.39 Å². The van der Waals surface area contributed by atoms with Crippen LogP contribution < -0.4 is 4.74 Å². The minimum atomic E-state index is -5.15. The molecule has 1 aromatic carbocycles. The number of rotatable bonds is 4. The average Bonchev–Trinajstić information content (AvgIpc) is 2.91. The fraction of sp³-hybridized carbons (Fsp3) is 0.458. The maximum atomic E-state index is 13.8. The number of halogens is 4. The number of hydrogen-bond acceptors (Lipinski definition) is 3. The van der Waals surface area contributed by atoms with Gasteiger partial charge in [-0.3, -0.25) is 4.79 Å². The zero-order valence-corrected chi connectivity index (χ0v) is 18.2. The second kappa shape index (κ2) is 9.10. The van der Waals surface area contributed by atoms with Gasteiger partial charge in [0.05, 0.1) is 6.54 Å².